The molecule has 8 fully saturated rings. The third kappa shape index (κ3) is 8.91. The third-order valence-electron chi connectivity index (χ3n) is 20.9. The predicted octanol–water partition coefficient (Wildman–Crippen LogP) is -0.193. The van der Waals surface area contributed by atoms with Crippen LogP contribution in [0.15, 0.2) is 11.6 Å². The maximum Gasteiger partial charge on any atom is 0.310 e. The van der Waals surface area contributed by atoms with Crippen LogP contribution in [0.25, 0.3) is 0 Å². The minimum Gasteiger partial charge on any atom is -0.481 e. The van der Waals surface area contributed by atoms with Gasteiger partial charge in [0.25, 0.3) is 0 Å². The predicted molar refractivity (Wildman–Crippen MR) is 251 cm³/mol. The number of fused-ring (bicyclic) bond motifs is 7. The van der Waals surface area contributed by atoms with Gasteiger partial charge in [0.1, 0.15) is 79.4 Å². The number of hydrogen-bond acceptors (Lipinski definition) is 20. The number of hydrogen-bond donors (Lipinski definition) is 12. The van der Waals surface area contributed by atoms with Crippen LogP contribution < -0.4 is 0 Å². The molecule has 21 heteroatoms. The molecule has 418 valence electrons. The molecule has 9 rings (SSSR count). The lowest BCUT2D eigenvalue weighted by molar-refractivity contribution is -0.388. The number of carboxylic acids is 1. The van der Waals surface area contributed by atoms with E-state index in [4.69, 9.17) is 37.9 Å². The number of allylic oxidation sites excluding steroid dienone is 1. The molecule has 0 unspecified atom stereocenters. The smallest absolute Gasteiger partial charge is 0.310 e. The molecule has 73 heavy (non-hydrogen) atoms. The summed E-state index contributed by atoms with van der Waals surface area (Å²) in [5.74, 6) is -0.963. The van der Waals surface area contributed by atoms with E-state index in [0.29, 0.717) is 25.7 Å². The van der Waals surface area contributed by atoms with Crippen LogP contribution in [0.3, 0.4) is 0 Å². The highest BCUT2D eigenvalue weighted by atomic mass is 16.8. The minimum absolute atomic E-state index is 0.118. The van der Waals surface area contributed by atoms with Crippen LogP contribution in [0.1, 0.15) is 113 Å². The molecule has 0 bridgehead atoms. The van der Waals surface area contributed by atoms with Crippen LogP contribution in [0, 0.1) is 50.2 Å². The topological polar surface area (TPSA) is 334 Å². The molecule has 21 nitrogen and oxygen atoms in total. The van der Waals surface area contributed by atoms with Crippen LogP contribution in [0.5, 0.6) is 0 Å². The first kappa shape index (κ1) is 56.2. The molecule has 4 heterocycles. The summed E-state index contributed by atoms with van der Waals surface area (Å²) in [7, 11) is 0. The lowest BCUT2D eigenvalue weighted by Crippen LogP contribution is -2.67. The van der Waals surface area contributed by atoms with Gasteiger partial charge in [0, 0.05) is 5.92 Å². The fraction of sp³-hybridized carbons (Fsp3) is 0.942. The molecule has 0 amide bonds. The van der Waals surface area contributed by atoms with Crippen LogP contribution >= 0.6 is 0 Å². The van der Waals surface area contributed by atoms with Gasteiger partial charge < -0.3 is 99.2 Å². The number of aliphatic carboxylic acids is 1. The van der Waals surface area contributed by atoms with Crippen LogP contribution in [-0.2, 0) is 42.7 Å². The molecule has 4 saturated carbocycles. The van der Waals surface area contributed by atoms with Crippen molar-refractivity contribution in [1.29, 1.82) is 0 Å². The maximum atomic E-state index is 13.2. The molecule has 5 aliphatic carbocycles. The number of carboxylic acid groups (broad SMARTS) is 1. The summed E-state index contributed by atoms with van der Waals surface area (Å²) in [5, 5.41) is 131. The van der Waals surface area contributed by atoms with E-state index >= 15 is 0 Å². The van der Waals surface area contributed by atoms with E-state index in [0.717, 1.165) is 37.7 Å². The quantitative estimate of drug-likeness (QED) is 0.0996. The average Bonchev–Trinajstić information content (AvgIpc) is 3.33. The molecule has 0 aromatic heterocycles. The van der Waals surface area contributed by atoms with E-state index < -0.39 is 164 Å². The maximum absolute atomic E-state index is 13.2. The lowest BCUT2D eigenvalue weighted by Gasteiger charge is -2.71. The standard InChI is InChI=1S/C52H84O21/c1-22-31(55)39(72-42-36(60)32(56)24(54)20-66-42)38(62)44(68-22)73-40-34(58)26(70-43-37(61)35(59)33(57)25(19-53)69-43)21-67-45(40)71-29-12-13-49(6)27(48(29,4)5)11-14-51(8)28(49)10-9-23-30-41(63)47(2,3)15-17-52(30,46(64)65)18-16-50(23,51)7/h9,22,24-45,53-63H,10-21H2,1-8H3,(H,64,65)/t22-,24+,25+,26-,27-,28+,29-,30+,31-,32-,33+,34-,35-,36+,37+,38+,39+,40+,41-,42-,43-,44-,45-,49-,50+,51+,52-/m0/s1. The molecule has 9 aliphatic rings. The number of rotatable bonds is 10. The van der Waals surface area contributed by atoms with Gasteiger partial charge in [0.05, 0.1) is 43.5 Å². The molecule has 0 aromatic carbocycles. The van der Waals surface area contributed by atoms with E-state index in [-0.39, 0.29) is 34.7 Å². The zero-order chi connectivity index (χ0) is 53.3. The second-order valence-corrected chi connectivity index (χ2v) is 25.4. The second-order valence-electron chi connectivity index (χ2n) is 25.4. The van der Waals surface area contributed by atoms with Crippen LogP contribution in [0.4, 0.5) is 0 Å². The summed E-state index contributed by atoms with van der Waals surface area (Å²) in [6.45, 7) is 15.5. The van der Waals surface area contributed by atoms with Gasteiger partial charge in [-0.05, 0) is 104 Å². The summed E-state index contributed by atoms with van der Waals surface area (Å²) in [4.78, 5) is 13.2. The Bertz CT molecular complexity index is 2020. The van der Waals surface area contributed by atoms with E-state index in [2.05, 4.69) is 40.7 Å². The van der Waals surface area contributed by atoms with Crippen LogP contribution in [0.2, 0.25) is 0 Å². The SMILES string of the molecule is C[C@@H]1O[C@@H](O[C@H]2[C@H](O[C@H]3CC[C@]4(C)[C@H]5CC=C6[C@@H]7[C@H](O)C(C)(C)CC[C@]7(C(=O)O)CC[C@@]6(C)[C@]5(C)CC[C@H]4C3(C)C)OC[C@H](O[C@@H]3O[C@H](CO)[C@@H](O)[C@H](O)[C@H]3O)[C@@H]2O)[C@H](O)[C@H](O[C@@H]2OC[C@@H](O)[C@H](O)[C@H]2O)[C@H]1O. The fourth-order valence-electron chi connectivity index (χ4n) is 16.0. The highest BCUT2D eigenvalue weighted by Crippen LogP contribution is 2.76. The van der Waals surface area contributed by atoms with Gasteiger partial charge in [-0.15, -0.1) is 0 Å². The first-order valence-corrected chi connectivity index (χ1v) is 26.6. The van der Waals surface area contributed by atoms with Crippen molar-refractivity contribution in [3.8, 4) is 0 Å². The van der Waals surface area contributed by atoms with Crippen molar-refractivity contribution in [2.75, 3.05) is 19.8 Å². The van der Waals surface area contributed by atoms with Gasteiger partial charge in [-0.3, -0.25) is 4.79 Å². The molecule has 4 aliphatic heterocycles. The summed E-state index contributed by atoms with van der Waals surface area (Å²) < 4.78 is 48.6. The largest absolute Gasteiger partial charge is 0.481 e. The normalized spacial score (nSPS) is 54.7. The Balaban J connectivity index is 0.974. The first-order valence-electron chi connectivity index (χ1n) is 26.6. The Labute approximate surface area is 426 Å². The molecular weight excluding hydrogens is 961 g/mol. The molecule has 12 N–H and O–H groups in total. The van der Waals surface area contributed by atoms with Crippen molar-refractivity contribution in [1.82, 2.24) is 0 Å². The molecule has 0 aromatic rings. The number of aliphatic hydroxyl groups excluding tert-OH is 11. The average molecular weight is 1050 g/mol. The molecule has 0 radical (unpaired) electrons. The highest BCUT2D eigenvalue weighted by molar-refractivity contribution is 5.77. The van der Waals surface area contributed by atoms with E-state index in [1.54, 1.807) is 0 Å². The first-order chi connectivity index (χ1) is 34.1. The van der Waals surface area contributed by atoms with Crippen molar-refractivity contribution in [3.63, 3.8) is 0 Å². The summed E-state index contributed by atoms with van der Waals surface area (Å²) in [6, 6.07) is 0. The van der Waals surface area contributed by atoms with E-state index in [9.17, 15) is 66.1 Å². The molecular formula is C52H84O21. The number of carbonyl (C=O) groups is 1. The second kappa shape index (κ2) is 20.0. The third-order valence-corrected chi connectivity index (χ3v) is 20.9. The Morgan fingerprint density at radius 2 is 1.27 bits per heavy atom. The van der Waals surface area contributed by atoms with E-state index in [1.165, 1.54) is 6.92 Å². The Morgan fingerprint density at radius 3 is 1.96 bits per heavy atom. The summed E-state index contributed by atoms with van der Waals surface area (Å²) in [6.07, 6.45) is -21.1. The monoisotopic (exact) mass is 1040 g/mol. The minimum atomic E-state index is -1.83. The van der Waals surface area contributed by atoms with Gasteiger partial charge in [0.2, 0.25) is 0 Å². The zero-order valence-electron chi connectivity index (χ0n) is 43.4. The molecule has 27 atom stereocenters. The zero-order valence-corrected chi connectivity index (χ0v) is 43.4. The number of aliphatic hydroxyl groups is 11. The van der Waals surface area contributed by atoms with Gasteiger partial charge >= 0.3 is 5.97 Å². The van der Waals surface area contributed by atoms with Crippen molar-refractivity contribution >= 4 is 5.97 Å². The van der Waals surface area contributed by atoms with Crippen molar-refractivity contribution in [2.45, 2.75) is 236 Å². The Kier molecular flexibility index (Phi) is 15.4. The highest BCUT2D eigenvalue weighted by Gasteiger charge is 2.71. The Morgan fingerprint density at radius 1 is 0.630 bits per heavy atom. The van der Waals surface area contributed by atoms with Gasteiger partial charge in [-0.25, -0.2) is 0 Å². The van der Waals surface area contributed by atoms with Crippen LogP contribution in [-0.4, -0.2) is 210 Å². The molecule has 0 spiro atoms. The van der Waals surface area contributed by atoms with Crippen molar-refractivity contribution in [2.24, 2.45) is 50.2 Å². The summed E-state index contributed by atoms with van der Waals surface area (Å²) >= 11 is 0. The summed E-state index contributed by atoms with van der Waals surface area (Å²) in [5.41, 5.74) is -1.61. The fourth-order valence-corrected chi connectivity index (χ4v) is 16.0. The van der Waals surface area contributed by atoms with Crippen molar-refractivity contribution in [3.05, 3.63) is 11.6 Å². The van der Waals surface area contributed by atoms with Gasteiger partial charge in [0.15, 0.2) is 25.2 Å². The van der Waals surface area contributed by atoms with Crippen molar-refractivity contribution < 1.29 is 104 Å². The number of ether oxygens (including phenoxy) is 8. The van der Waals surface area contributed by atoms with E-state index in [1.807, 2.05) is 13.8 Å². The van der Waals surface area contributed by atoms with Gasteiger partial charge in [-0.2, -0.15) is 0 Å². The lowest BCUT2D eigenvalue weighted by atomic mass is 9.33. The molecule has 4 saturated heterocycles. The van der Waals surface area contributed by atoms with Gasteiger partial charge in [-0.1, -0.05) is 60.1 Å². The Hall–Kier alpha value is -1.55.